The summed E-state index contributed by atoms with van der Waals surface area (Å²) in [5, 5.41) is 7.88. The van der Waals surface area contributed by atoms with Crippen molar-refractivity contribution < 1.29 is 46.9 Å². The second kappa shape index (κ2) is 16.0. The first-order chi connectivity index (χ1) is 23.8. The first-order valence-corrected chi connectivity index (χ1v) is 17.6. The van der Waals surface area contributed by atoms with Crippen molar-refractivity contribution in [3.63, 3.8) is 0 Å². The molecule has 0 aliphatic carbocycles. The number of nitrogen functional groups attached to an aromatic ring is 1. The Labute approximate surface area is 298 Å². The van der Waals surface area contributed by atoms with Gasteiger partial charge in [0.15, 0.2) is 39.7 Å². The Hall–Kier alpha value is -3.84. The number of carboxylic acid groups (broad SMARTS) is 1. The van der Waals surface area contributed by atoms with Crippen LogP contribution >= 0.6 is 27.7 Å². The van der Waals surface area contributed by atoms with Gasteiger partial charge in [0.1, 0.15) is 12.4 Å². The van der Waals surface area contributed by atoms with Gasteiger partial charge in [-0.15, -0.1) is 0 Å². The zero-order chi connectivity index (χ0) is 36.2. The maximum atomic E-state index is 13.1. The van der Waals surface area contributed by atoms with Crippen LogP contribution in [-0.2, 0) is 25.7 Å². The van der Waals surface area contributed by atoms with Crippen LogP contribution in [0.1, 0.15) is 46.0 Å². The second-order valence-electron chi connectivity index (χ2n) is 11.9. The number of piperidine rings is 1. The summed E-state index contributed by atoms with van der Waals surface area (Å²) in [5.74, 6) is -0.999. The van der Waals surface area contributed by atoms with Crippen molar-refractivity contribution in [1.82, 2.24) is 29.3 Å². The number of alkyl halides is 3. The number of hydrogen-bond donors (Lipinski definition) is 2. The van der Waals surface area contributed by atoms with Gasteiger partial charge < -0.3 is 34.5 Å². The summed E-state index contributed by atoms with van der Waals surface area (Å²) >= 11 is 5.15. The van der Waals surface area contributed by atoms with E-state index in [1.54, 1.807) is 6.92 Å². The van der Waals surface area contributed by atoms with Crippen LogP contribution in [-0.4, -0.2) is 104 Å². The predicted octanol–water partition coefficient (Wildman–Crippen LogP) is 4.73. The molecule has 2 saturated heterocycles. The van der Waals surface area contributed by atoms with Gasteiger partial charge in [-0.1, -0.05) is 18.7 Å². The van der Waals surface area contributed by atoms with Gasteiger partial charge in [-0.05, 0) is 86.1 Å². The summed E-state index contributed by atoms with van der Waals surface area (Å²) in [5.41, 5.74) is 7.44. The van der Waals surface area contributed by atoms with Crippen LogP contribution in [0.2, 0.25) is 0 Å². The van der Waals surface area contributed by atoms with E-state index in [0.717, 1.165) is 59.7 Å². The quantitative estimate of drug-likeness (QED) is 0.285. The number of imidazole rings is 1. The van der Waals surface area contributed by atoms with Gasteiger partial charge in [0.25, 0.3) is 5.91 Å². The standard InChI is InChI=1S/C29H36BrN7O5S.C2HF3O2/c1-3-35-9-4-5-20(35)28(39)42-17(2)27(38)36-10-6-18(7-11-36)8-12-37-26-24(25(31)32-15-33-26)34-29(37)43-23-14-22-21(13-19(23)30)40-16-41-22;3-2(4,5)1(6)7/h13-15,17-18,20H,3-12,16H2,1-2H3,(H2,31,32,33);(H,6,7)/t17-,20?;/m0./s1. The molecular formula is C31H37BrF3N7O7S. The highest BCUT2D eigenvalue weighted by Gasteiger charge is 2.38. The Kier molecular flexibility index (Phi) is 12.0. The molecule has 0 saturated carbocycles. The summed E-state index contributed by atoms with van der Waals surface area (Å²) in [7, 11) is 0. The molecule has 0 spiro atoms. The molecule has 2 aromatic heterocycles. The van der Waals surface area contributed by atoms with Crippen molar-refractivity contribution in [3.05, 3.63) is 22.9 Å². The Morgan fingerprint density at radius 1 is 1.14 bits per heavy atom. The molecule has 6 rings (SSSR count). The number of carbonyl (C=O) groups excluding carboxylic acids is 2. The van der Waals surface area contributed by atoms with E-state index in [1.165, 1.54) is 18.1 Å². The number of carboxylic acids is 1. The van der Waals surface area contributed by atoms with E-state index in [9.17, 15) is 22.8 Å². The minimum absolute atomic E-state index is 0.117. The number of halogens is 4. The van der Waals surface area contributed by atoms with Crippen molar-refractivity contribution in [1.29, 1.82) is 0 Å². The number of aryl methyl sites for hydroxylation is 1. The molecule has 14 nitrogen and oxygen atoms in total. The maximum Gasteiger partial charge on any atom is 0.490 e. The van der Waals surface area contributed by atoms with Gasteiger partial charge in [0, 0.05) is 29.0 Å². The molecule has 3 N–H and O–H groups in total. The minimum Gasteiger partial charge on any atom is -0.475 e. The van der Waals surface area contributed by atoms with Gasteiger partial charge in [0.2, 0.25) is 6.79 Å². The molecule has 1 unspecified atom stereocenters. The van der Waals surface area contributed by atoms with Gasteiger partial charge in [-0.2, -0.15) is 13.2 Å². The lowest BCUT2D eigenvalue weighted by Crippen LogP contribution is -2.46. The number of anilines is 1. The Morgan fingerprint density at radius 3 is 2.48 bits per heavy atom. The summed E-state index contributed by atoms with van der Waals surface area (Å²) < 4.78 is 51.4. The number of hydrogen-bond acceptors (Lipinski definition) is 12. The normalized spacial score (nSPS) is 18.5. The number of likely N-dealkylation sites (tertiary alicyclic amines) is 2. The topological polar surface area (TPSA) is 175 Å². The largest absolute Gasteiger partial charge is 0.490 e. The number of likely N-dealkylation sites (N-methyl/N-ethyl adjacent to an activating group) is 1. The molecule has 3 aromatic rings. The smallest absolute Gasteiger partial charge is 0.475 e. The summed E-state index contributed by atoms with van der Waals surface area (Å²) in [6.07, 6.45) is 0.0163. The highest BCUT2D eigenvalue weighted by atomic mass is 79.9. The van der Waals surface area contributed by atoms with Crippen molar-refractivity contribution >= 4 is 62.5 Å². The van der Waals surface area contributed by atoms with Crippen LogP contribution in [0.3, 0.4) is 0 Å². The van der Waals surface area contributed by atoms with Crippen LogP contribution in [0.4, 0.5) is 19.0 Å². The molecule has 272 valence electrons. The third-order valence-electron chi connectivity index (χ3n) is 8.77. The van der Waals surface area contributed by atoms with Gasteiger partial charge in [-0.3, -0.25) is 14.5 Å². The molecule has 2 atom stereocenters. The van der Waals surface area contributed by atoms with E-state index >= 15 is 0 Å². The van der Waals surface area contributed by atoms with E-state index in [4.69, 9.17) is 34.8 Å². The van der Waals surface area contributed by atoms with E-state index in [-0.39, 0.29) is 24.7 Å². The average molecular weight is 789 g/mol. The molecule has 0 radical (unpaired) electrons. The molecule has 3 aliphatic rings. The highest BCUT2D eigenvalue weighted by molar-refractivity contribution is 9.10. The molecule has 50 heavy (non-hydrogen) atoms. The summed E-state index contributed by atoms with van der Waals surface area (Å²) in [6, 6.07) is 3.60. The van der Waals surface area contributed by atoms with Crippen LogP contribution in [0.5, 0.6) is 11.5 Å². The SMILES string of the molecule is CCN1CCCC1C(=O)O[C@@H](C)C(=O)N1CCC(CCn2c(Sc3cc4c(cc3Br)OCO4)nc3c(N)ncnc32)CC1.O=C(O)C(F)(F)F. The lowest BCUT2D eigenvalue weighted by atomic mass is 9.93. The molecule has 5 heterocycles. The van der Waals surface area contributed by atoms with Crippen molar-refractivity contribution in [2.24, 2.45) is 5.92 Å². The van der Waals surface area contributed by atoms with Crippen molar-refractivity contribution in [3.8, 4) is 11.5 Å². The number of rotatable bonds is 9. The molecule has 2 fully saturated rings. The number of carbonyl (C=O) groups is 3. The molecular weight excluding hydrogens is 751 g/mol. The highest BCUT2D eigenvalue weighted by Crippen LogP contribution is 2.43. The van der Waals surface area contributed by atoms with Crippen LogP contribution in [0.25, 0.3) is 11.2 Å². The number of nitrogens with two attached hydrogens (primary N) is 1. The number of amides is 1. The number of aliphatic carboxylic acids is 1. The molecule has 3 aliphatic heterocycles. The van der Waals surface area contributed by atoms with Crippen molar-refractivity contribution in [2.75, 3.05) is 38.7 Å². The van der Waals surface area contributed by atoms with Crippen molar-refractivity contribution in [2.45, 2.75) is 80.9 Å². The van der Waals surface area contributed by atoms with E-state index in [2.05, 4.69) is 35.4 Å². The monoisotopic (exact) mass is 787 g/mol. The average Bonchev–Trinajstić information content (AvgIpc) is 3.83. The molecule has 19 heteroatoms. The van der Waals surface area contributed by atoms with E-state index in [0.29, 0.717) is 54.0 Å². The number of fused-ring (bicyclic) bond motifs is 2. The zero-order valence-electron chi connectivity index (χ0n) is 27.3. The first-order valence-electron chi connectivity index (χ1n) is 16.0. The Balaban J connectivity index is 0.000000630. The maximum absolute atomic E-state index is 13.1. The first kappa shape index (κ1) is 37.4. The summed E-state index contributed by atoms with van der Waals surface area (Å²) in [6.45, 7) is 7.61. The number of nitrogens with zero attached hydrogens (tertiary/aromatic N) is 6. The van der Waals surface area contributed by atoms with Gasteiger partial charge >= 0.3 is 18.1 Å². The van der Waals surface area contributed by atoms with Gasteiger partial charge in [-0.25, -0.2) is 19.7 Å². The third-order valence-corrected chi connectivity index (χ3v) is 10.7. The van der Waals surface area contributed by atoms with E-state index in [1.807, 2.05) is 24.0 Å². The zero-order valence-corrected chi connectivity index (χ0v) is 29.7. The number of esters is 1. The number of ether oxygens (including phenoxy) is 3. The summed E-state index contributed by atoms with van der Waals surface area (Å²) in [4.78, 5) is 53.1. The molecule has 1 amide bonds. The van der Waals surface area contributed by atoms with Crippen LogP contribution < -0.4 is 15.2 Å². The Bertz CT molecular complexity index is 1720. The third kappa shape index (κ3) is 8.71. The fourth-order valence-corrected chi connectivity index (χ4v) is 7.58. The lowest BCUT2D eigenvalue weighted by molar-refractivity contribution is -0.192. The second-order valence-corrected chi connectivity index (χ2v) is 13.8. The number of aromatic nitrogens is 4. The fraction of sp³-hybridized carbons (Fsp3) is 0.548. The fourth-order valence-electron chi connectivity index (χ4n) is 6.07. The predicted molar refractivity (Wildman–Crippen MR) is 178 cm³/mol. The van der Waals surface area contributed by atoms with Crippen LogP contribution in [0, 0.1) is 5.92 Å². The van der Waals surface area contributed by atoms with Gasteiger partial charge in [0.05, 0.1) is 0 Å². The minimum atomic E-state index is -5.08. The molecule has 0 bridgehead atoms. The number of benzene rings is 1. The van der Waals surface area contributed by atoms with E-state index < -0.39 is 18.2 Å². The molecule has 1 aromatic carbocycles. The Morgan fingerprint density at radius 2 is 1.82 bits per heavy atom. The lowest BCUT2D eigenvalue weighted by Gasteiger charge is -2.34. The van der Waals surface area contributed by atoms with Crippen LogP contribution in [0.15, 0.2) is 33.0 Å².